The van der Waals surface area contributed by atoms with E-state index in [1.165, 1.54) is 13.2 Å². The SMILES string of the molecule is COc1cc([C@@H]2CN(CC(F)F)CCN2Cc2c(OC)cc(C)c3[nH]ccc23)ccc1C(=O)O. The number of aromatic amines is 1. The molecule has 34 heavy (non-hydrogen) atoms. The van der Waals surface area contributed by atoms with Crippen molar-refractivity contribution < 1.29 is 28.2 Å². The van der Waals surface area contributed by atoms with Crippen LogP contribution in [0.1, 0.15) is 33.1 Å². The molecule has 0 spiro atoms. The van der Waals surface area contributed by atoms with Gasteiger partial charge >= 0.3 is 5.97 Å². The summed E-state index contributed by atoms with van der Waals surface area (Å²) in [6, 6.07) is 8.74. The molecule has 1 aliphatic heterocycles. The molecule has 182 valence electrons. The quantitative estimate of drug-likeness (QED) is 0.508. The minimum atomic E-state index is -2.42. The first kappa shape index (κ1) is 24.0. The Morgan fingerprint density at radius 2 is 1.94 bits per heavy atom. The fraction of sp³-hybridized carbons (Fsp3) is 0.400. The van der Waals surface area contributed by atoms with Gasteiger partial charge in [0.15, 0.2) is 0 Å². The number of piperazine rings is 1. The van der Waals surface area contributed by atoms with Gasteiger partial charge in [-0.3, -0.25) is 9.80 Å². The normalized spacial score (nSPS) is 17.4. The van der Waals surface area contributed by atoms with Crippen LogP contribution in [0.4, 0.5) is 8.78 Å². The number of alkyl halides is 2. The van der Waals surface area contributed by atoms with Crippen LogP contribution in [0.15, 0.2) is 36.5 Å². The number of carboxylic acids is 1. The van der Waals surface area contributed by atoms with Gasteiger partial charge in [-0.15, -0.1) is 0 Å². The van der Waals surface area contributed by atoms with Crippen LogP contribution < -0.4 is 9.47 Å². The number of aryl methyl sites for hydroxylation is 1. The first-order chi connectivity index (χ1) is 16.3. The van der Waals surface area contributed by atoms with Crippen LogP contribution in [0.3, 0.4) is 0 Å². The predicted octanol–water partition coefficient (Wildman–Crippen LogP) is 4.32. The Labute approximate surface area is 196 Å². The van der Waals surface area contributed by atoms with Crippen molar-refractivity contribution in [1.29, 1.82) is 0 Å². The molecule has 0 unspecified atom stereocenters. The highest BCUT2D eigenvalue weighted by Gasteiger charge is 2.31. The third-order valence-corrected chi connectivity index (χ3v) is 6.50. The van der Waals surface area contributed by atoms with E-state index in [2.05, 4.69) is 9.88 Å². The molecule has 1 fully saturated rings. The zero-order valence-corrected chi connectivity index (χ0v) is 19.5. The first-order valence-electron chi connectivity index (χ1n) is 11.1. The van der Waals surface area contributed by atoms with Crippen molar-refractivity contribution in [2.75, 3.05) is 40.4 Å². The highest BCUT2D eigenvalue weighted by molar-refractivity contribution is 5.91. The van der Waals surface area contributed by atoms with Crippen molar-refractivity contribution in [3.05, 3.63) is 58.8 Å². The summed E-state index contributed by atoms with van der Waals surface area (Å²) in [6.07, 6.45) is -0.526. The van der Waals surface area contributed by atoms with Gasteiger partial charge < -0.3 is 19.6 Å². The van der Waals surface area contributed by atoms with E-state index in [1.54, 1.807) is 24.1 Å². The van der Waals surface area contributed by atoms with Gasteiger partial charge in [0.05, 0.1) is 20.8 Å². The molecular weight excluding hydrogens is 444 g/mol. The Morgan fingerprint density at radius 3 is 2.62 bits per heavy atom. The Kier molecular flexibility index (Phi) is 7.04. The number of nitrogens with zero attached hydrogens (tertiary/aromatic N) is 2. The van der Waals surface area contributed by atoms with E-state index in [4.69, 9.17) is 9.47 Å². The number of ether oxygens (including phenoxy) is 2. The number of fused-ring (bicyclic) bond motifs is 1. The Hall–Kier alpha value is -3.17. The van der Waals surface area contributed by atoms with Gasteiger partial charge in [0, 0.05) is 54.9 Å². The molecule has 1 aliphatic rings. The molecule has 1 aromatic heterocycles. The fourth-order valence-corrected chi connectivity index (χ4v) is 4.82. The molecule has 0 aliphatic carbocycles. The van der Waals surface area contributed by atoms with E-state index >= 15 is 0 Å². The molecule has 0 bridgehead atoms. The highest BCUT2D eigenvalue weighted by Crippen LogP contribution is 2.36. The van der Waals surface area contributed by atoms with Crippen molar-refractivity contribution in [1.82, 2.24) is 14.8 Å². The molecule has 3 aromatic rings. The Balaban J connectivity index is 1.73. The van der Waals surface area contributed by atoms with Gasteiger partial charge in [-0.1, -0.05) is 6.07 Å². The average molecular weight is 474 g/mol. The van der Waals surface area contributed by atoms with Gasteiger partial charge in [0.25, 0.3) is 6.43 Å². The smallest absolute Gasteiger partial charge is 0.339 e. The lowest BCUT2D eigenvalue weighted by Crippen LogP contribution is -2.49. The number of hydrogen-bond donors (Lipinski definition) is 2. The molecule has 1 atom stereocenters. The van der Waals surface area contributed by atoms with Gasteiger partial charge in [0.1, 0.15) is 17.1 Å². The summed E-state index contributed by atoms with van der Waals surface area (Å²) in [7, 11) is 3.07. The molecule has 4 rings (SSSR count). The predicted molar refractivity (Wildman–Crippen MR) is 125 cm³/mol. The number of aromatic nitrogens is 1. The average Bonchev–Trinajstić information content (AvgIpc) is 3.31. The van der Waals surface area contributed by atoms with Gasteiger partial charge in [-0.25, -0.2) is 13.6 Å². The number of aromatic carboxylic acids is 1. The van der Waals surface area contributed by atoms with Crippen LogP contribution >= 0.6 is 0 Å². The lowest BCUT2D eigenvalue weighted by Gasteiger charge is -2.42. The molecule has 0 saturated carbocycles. The van der Waals surface area contributed by atoms with E-state index in [1.807, 2.05) is 25.3 Å². The summed E-state index contributed by atoms with van der Waals surface area (Å²) in [5, 5.41) is 10.5. The highest BCUT2D eigenvalue weighted by atomic mass is 19.3. The van der Waals surface area contributed by atoms with Crippen LogP contribution in [0.2, 0.25) is 0 Å². The molecule has 7 nitrogen and oxygen atoms in total. The Bertz CT molecular complexity index is 1180. The zero-order valence-electron chi connectivity index (χ0n) is 19.5. The minimum Gasteiger partial charge on any atom is -0.496 e. The van der Waals surface area contributed by atoms with E-state index in [0.717, 1.165) is 33.3 Å². The summed E-state index contributed by atoms with van der Waals surface area (Å²) in [6.45, 7) is 3.75. The van der Waals surface area contributed by atoms with Crippen molar-refractivity contribution >= 4 is 16.9 Å². The maximum atomic E-state index is 13.2. The van der Waals surface area contributed by atoms with Crippen LogP contribution in [-0.4, -0.2) is 72.7 Å². The summed E-state index contributed by atoms with van der Waals surface area (Å²) in [5.41, 5.74) is 4.01. The largest absolute Gasteiger partial charge is 0.496 e. The number of benzene rings is 2. The van der Waals surface area contributed by atoms with Crippen molar-refractivity contribution in [3.8, 4) is 11.5 Å². The molecule has 2 N–H and O–H groups in total. The monoisotopic (exact) mass is 473 g/mol. The van der Waals surface area contributed by atoms with E-state index in [-0.39, 0.29) is 23.9 Å². The fourth-order valence-electron chi connectivity index (χ4n) is 4.82. The zero-order chi connectivity index (χ0) is 24.4. The number of rotatable bonds is 8. The van der Waals surface area contributed by atoms with Crippen LogP contribution in [0.25, 0.3) is 10.9 Å². The standard InChI is InChI=1S/C25H29F2N3O4/c1-15-10-21(33-2)19(17-6-7-28-24(15)17)12-30-9-8-29(14-23(26)27)13-20(30)16-4-5-18(25(31)32)22(11-16)34-3/h4-7,10-11,20,23,28H,8-9,12-14H2,1-3H3,(H,31,32)/t20-/m0/s1. The van der Waals surface area contributed by atoms with Crippen LogP contribution in [0, 0.1) is 6.92 Å². The van der Waals surface area contributed by atoms with Crippen LogP contribution in [-0.2, 0) is 6.54 Å². The van der Waals surface area contributed by atoms with Crippen LogP contribution in [0.5, 0.6) is 11.5 Å². The minimum absolute atomic E-state index is 0.0623. The number of nitrogens with one attached hydrogen (secondary N) is 1. The van der Waals surface area contributed by atoms with Gasteiger partial charge in [0.2, 0.25) is 0 Å². The van der Waals surface area contributed by atoms with Crippen molar-refractivity contribution in [3.63, 3.8) is 0 Å². The van der Waals surface area contributed by atoms with E-state index < -0.39 is 12.4 Å². The molecule has 2 aromatic carbocycles. The topological polar surface area (TPSA) is 78.0 Å². The maximum absolute atomic E-state index is 13.2. The molecule has 2 heterocycles. The summed E-state index contributed by atoms with van der Waals surface area (Å²) < 4.78 is 37.4. The summed E-state index contributed by atoms with van der Waals surface area (Å²) in [4.78, 5) is 18.8. The molecule has 1 saturated heterocycles. The summed E-state index contributed by atoms with van der Waals surface area (Å²) in [5.74, 6) is -0.0588. The lowest BCUT2D eigenvalue weighted by atomic mass is 9.98. The second kappa shape index (κ2) is 9.99. The van der Waals surface area contributed by atoms with E-state index in [9.17, 15) is 18.7 Å². The second-order valence-electron chi connectivity index (χ2n) is 8.54. The molecule has 0 amide bonds. The number of H-pyrrole nitrogens is 1. The third-order valence-electron chi connectivity index (χ3n) is 6.50. The molecular formula is C25H29F2N3O4. The number of carbonyl (C=O) groups is 1. The second-order valence-corrected chi connectivity index (χ2v) is 8.54. The molecule has 0 radical (unpaired) electrons. The number of carboxylic acid groups (broad SMARTS) is 1. The van der Waals surface area contributed by atoms with Gasteiger partial charge in [-0.05, 0) is 42.3 Å². The number of halogens is 2. The lowest BCUT2D eigenvalue weighted by molar-refractivity contribution is 0.0245. The number of hydrogen-bond acceptors (Lipinski definition) is 5. The third kappa shape index (κ3) is 4.71. The molecule has 9 heteroatoms. The van der Waals surface area contributed by atoms with E-state index in [0.29, 0.717) is 26.2 Å². The van der Waals surface area contributed by atoms with Gasteiger partial charge in [-0.2, -0.15) is 0 Å². The first-order valence-corrected chi connectivity index (χ1v) is 11.1. The maximum Gasteiger partial charge on any atom is 0.339 e. The van der Waals surface area contributed by atoms with Crippen molar-refractivity contribution in [2.24, 2.45) is 0 Å². The Morgan fingerprint density at radius 1 is 1.18 bits per heavy atom. The van der Waals surface area contributed by atoms with Crippen molar-refractivity contribution in [2.45, 2.75) is 25.9 Å². The summed E-state index contributed by atoms with van der Waals surface area (Å²) >= 11 is 0. The number of methoxy groups -OCH3 is 2.